The SMILES string of the molecule is CCC(NCc1cccc(Cl)c1)C(C)(C)C.Cl. The zero-order chi connectivity index (χ0) is 12.2. The van der Waals surface area contributed by atoms with Crippen LogP contribution in [0.15, 0.2) is 24.3 Å². The van der Waals surface area contributed by atoms with Gasteiger partial charge in [0.15, 0.2) is 0 Å². The molecule has 1 aromatic rings. The van der Waals surface area contributed by atoms with E-state index >= 15 is 0 Å². The van der Waals surface area contributed by atoms with Crippen LogP contribution in [0.3, 0.4) is 0 Å². The molecule has 0 saturated carbocycles. The van der Waals surface area contributed by atoms with E-state index in [-0.39, 0.29) is 12.4 Å². The van der Waals surface area contributed by atoms with E-state index in [4.69, 9.17) is 11.6 Å². The van der Waals surface area contributed by atoms with Gasteiger partial charge >= 0.3 is 0 Å². The van der Waals surface area contributed by atoms with Gasteiger partial charge in [-0.05, 0) is 29.5 Å². The molecule has 0 amide bonds. The van der Waals surface area contributed by atoms with Crippen molar-refractivity contribution in [2.45, 2.75) is 46.7 Å². The lowest BCUT2D eigenvalue weighted by atomic mass is 9.85. The maximum atomic E-state index is 5.96. The van der Waals surface area contributed by atoms with Crippen molar-refractivity contribution in [1.29, 1.82) is 0 Å². The maximum absolute atomic E-state index is 5.96. The first-order valence-corrected chi connectivity index (χ1v) is 6.29. The van der Waals surface area contributed by atoms with Crippen LogP contribution in [-0.4, -0.2) is 6.04 Å². The van der Waals surface area contributed by atoms with E-state index in [2.05, 4.69) is 39.1 Å². The molecule has 98 valence electrons. The second-order valence-electron chi connectivity index (χ2n) is 5.34. The fraction of sp³-hybridized carbons (Fsp3) is 0.571. The molecule has 0 aliphatic heterocycles. The standard InChI is InChI=1S/C14H22ClN.ClH/c1-5-13(14(2,3)4)16-10-11-7-6-8-12(15)9-11;/h6-9,13,16H,5,10H2,1-4H3;1H. The molecule has 1 unspecified atom stereocenters. The Morgan fingerprint density at radius 1 is 1.29 bits per heavy atom. The summed E-state index contributed by atoms with van der Waals surface area (Å²) in [5.74, 6) is 0. The lowest BCUT2D eigenvalue weighted by molar-refractivity contribution is 0.259. The molecule has 1 N–H and O–H groups in total. The van der Waals surface area contributed by atoms with Gasteiger partial charge in [0.05, 0.1) is 0 Å². The van der Waals surface area contributed by atoms with Crippen LogP contribution in [0.5, 0.6) is 0 Å². The zero-order valence-corrected chi connectivity index (χ0v) is 12.7. The van der Waals surface area contributed by atoms with Gasteiger partial charge in [0, 0.05) is 17.6 Å². The minimum Gasteiger partial charge on any atom is -0.309 e. The summed E-state index contributed by atoms with van der Waals surface area (Å²) < 4.78 is 0. The lowest BCUT2D eigenvalue weighted by Gasteiger charge is -2.30. The summed E-state index contributed by atoms with van der Waals surface area (Å²) in [7, 11) is 0. The molecule has 0 aliphatic carbocycles. The Balaban J connectivity index is 0.00000256. The van der Waals surface area contributed by atoms with Crippen LogP contribution in [0.2, 0.25) is 5.02 Å². The molecule has 0 bridgehead atoms. The first-order chi connectivity index (χ1) is 7.43. The first kappa shape index (κ1) is 16.8. The number of hydrogen-bond donors (Lipinski definition) is 1. The molecule has 0 aromatic heterocycles. The van der Waals surface area contributed by atoms with Crippen LogP contribution < -0.4 is 5.32 Å². The monoisotopic (exact) mass is 275 g/mol. The third kappa shape index (κ3) is 5.76. The summed E-state index contributed by atoms with van der Waals surface area (Å²) in [5, 5.41) is 4.40. The van der Waals surface area contributed by atoms with Gasteiger partial charge in [0.1, 0.15) is 0 Å². The van der Waals surface area contributed by atoms with E-state index < -0.39 is 0 Å². The highest BCUT2D eigenvalue weighted by Gasteiger charge is 2.21. The molecule has 17 heavy (non-hydrogen) atoms. The van der Waals surface area contributed by atoms with Crippen molar-refractivity contribution in [3.8, 4) is 0 Å². The summed E-state index contributed by atoms with van der Waals surface area (Å²) in [6, 6.07) is 8.56. The van der Waals surface area contributed by atoms with Crippen LogP contribution >= 0.6 is 24.0 Å². The van der Waals surface area contributed by atoms with Crippen molar-refractivity contribution in [3.05, 3.63) is 34.9 Å². The smallest absolute Gasteiger partial charge is 0.0409 e. The molecule has 0 aliphatic rings. The third-order valence-electron chi connectivity index (χ3n) is 2.90. The van der Waals surface area contributed by atoms with Crippen LogP contribution in [0, 0.1) is 5.41 Å². The number of halogens is 2. The lowest BCUT2D eigenvalue weighted by Crippen LogP contribution is -2.39. The Morgan fingerprint density at radius 2 is 1.94 bits per heavy atom. The number of rotatable bonds is 4. The van der Waals surface area contributed by atoms with Crippen molar-refractivity contribution in [1.82, 2.24) is 5.32 Å². The van der Waals surface area contributed by atoms with Crippen LogP contribution in [0.1, 0.15) is 39.7 Å². The fourth-order valence-corrected chi connectivity index (χ4v) is 2.16. The molecule has 1 rings (SSSR count). The second kappa shape index (κ2) is 7.25. The molecule has 0 heterocycles. The Morgan fingerprint density at radius 3 is 2.41 bits per heavy atom. The molecule has 0 spiro atoms. The molecular formula is C14H23Cl2N. The molecular weight excluding hydrogens is 253 g/mol. The average Bonchev–Trinajstić information content (AvgIpc) is 2.16. The Kier molecular flexibility index (Phi) is 7.15. The van der Waals surface area contributed by atoms with Crippen LogP contribution in [0.25, 0.3) is 0 Å². The van der Waals surface area contributed by atoms with Crippen molar-refractivity contribution in [2.75, 3.05) is 0 Å². The fourth-order valence-electron chi connectivity index (χ4n) is 1.95. The van der Waals surface area contributed by atoms with E-state index in [9.17, 15) is 0 Å². The molecule has 0 fully saturated rings. The Labute approximate surface area is 116 Å². The van der Waals surface area contributed by atoms with Gasteiger partial charge in [-0.15, -0.1) is 12.4 Å². The van der Waals surface area contributed by atoms with Crippen LogP contribution in [0.4, 0.5) is 0 Å². The van der Waals surface area contributed by atoms with Gasteiger partial charge in [0.25, 0.3) is 0 Å². The predicted octanol–water partition coefficient (Wildman–Crippen LogP) is 4.68. The van der Waals surface area contributed by atoms with Crippen LogP contribution in [-0.2, 0) is 6.54 Å². The summed E-state index contributed by atoms with van der Waals surface area (Å²) in [6.45, 7) is 9.92. The molecule has 1 aromatic carbocycles. The van der Waals surface area contributed by atoms with Gasteiger partial charge < -0.3 is 5.32 Å². The van der Waals surface area contributed by atoms with Gasteiger partial charge in [-0.25, -0.2) is 0 Å². The van der Waals surface area contributed by atoms with Gasteiger partial charge in [0.2, 0.25) is 0 Å². The highest BCUT2D eigenvalue weighted by atomic mass is 35.5. The molecule has 1 atom stereocenters. The predicted molar refractivity (Wildman–Crippen MR) is 79.1 cm³/mol. The largest absolute Gasteiger partial charge is 0.309 e. The minimum absolute atomic E-state index is 0. The zero-order valence-electron chi connectivity index (χ0n) is 11.1. The minimum atomic E-state index is 0. The highest BCUT2D eigenvalue weighted by molar-refractivity contribution is 6.30. The van der Waals surface area contributed by atoms with Gasteiger partial charge in [-0.2, -0.15) is 0 Å². The van der Waals surface area contributed by atoms with E-state index in [0.717, 1.165) is 18.0 Å². The number of benzene rings is 1. The Bertz CT molecular complexity index is 331. The molecule has 3 heteroatoms. The average molecular weight is 276 g/mol. The van der Waals surface area contributed by atoms with Crippen molar-refractivity contribution in [2.24, 2.45) is 5.41 Å². The highest BCUT2D eigenvalue weighted by Crippen LogP contribution is 2.22. The summed E-state index contributed by atoms with van der Waals surface area (Å²) in [4.78, 5) is 0. The summed E-state index contributed by atoms with van der Waals surface area (Å²) >= 11 is 5.96. The summed E-state index contributed by atoms with van der Waals surface area (Å²) in [6.07, 6.45) is 1.14. The van der Waals surface area contributed by atoms with Crippen molar-refractivity contribution >= 4 is 24.0 Å². The molecule has 0 saturated heterocycles. The van der Waals surface area contributed by atoms with Crippen molar-refractivity contribution < 1.29 is 0 Å². The topological polar surface area (TPSA) is 12.0 Å². The van der Waals surface area contributed by atoms with E-state index in [1.165, 1.54) is 5.56 Å². The maximum Gasteiger partial charge on any atom is 0.0409 e. The van der Waals surface area contributed by atoms with Gasteiger partial charge in [-0.1, -0.05) is 51.4 Å². The second-order valence-corrected chi connectivity index (χ2v) is 5.77. The van der Waals surface area contributed by atoms with E-state index in [1.807, 2.05) is 18.2 Å². The summed E-state index contributed by atoms with van der Waals surface area (Å²) in [5.41, 5.74) is 1.54. The number of nitrogens with one attached hydrogen (secondary N) is 1. The third-order valence-corrected chi connectivity index (χ3v) is 3.13. The molecule has 1 nitrogen and oxygen atoms in total. The molecule has 0 radical (unpaired) electrons. The normalized spacial score (nSPS) is 13.0. The first-order valence-electron chi connectivity index (χ1n) is 5.91. The van der Waals surface area contributed by atoms with E-state index in [1.54, 1.807) is 0 Å². The Hall–Kier alpha value is -0.240. The quantitative estimate of drug-likeness (QED) is 0.842. The number of hydrogen-bond acceptors (Lipinski definition) is 1. The van der Waals surface area contributed by atoms with Crippen molar-refractivity contribution in [3.63, 3.8) is 0 Å². The van der Waals surface area contributed by atoms with Gasteiger partial charge in [-0.3, -0.25) is 0 Å². The van der Waals surface area contributed by atoms with E-state index in [0.29, 0.717) is 11.5 Å².